The SMILES string of the molecule is O=C(COC(=O)c1ccc(SC(F)(F)F)cc1)c1ccc2c(c1)OCO2. The number of carbonyl (C=O) groups excluding carboxylic acids is 2. The van der Waals surface area contributed by atoms with Crippen LogP contribution in [0.5, 0.6) is 11.5 Å². The minimum absolute atomic E-state index is 0.0505. The van der Waals surface area contributed by atoms with Gasteiger partial charge in [0, 0.05) is 10.5 Å². The molecule has 0 aliphatic carbocycles. The lowest BCUT2D eigenvalue weighted by atomic mass is 10.1. The fraction of sp³-hybridized carbons (Fsp3) is 0.176. The first kappa shape index (κ1) is 18.1. The highest BCUT2D eigenvalue weighted by atomic mass is 32.2. The Morgan fingerprint density at radius 3 is 2.35 bits per heavy atom. The molecule has 0 saturated heterocycles. The Bertz CT molecular complexity index is 833. The van der Waals surface area contributed by atoms with Crippen molar-refractivity contribution in [3.05, 3.63) is 53.6 Å². The molecule has 1 aliphatic rings. The third-order valence-corrected chi connectivity index (χ3v) is 4.09. The highest BCUT2D eigenvalue weighted by molar-refractivity contribution is 8.00. The second kappa shape index (κ2) is 7.28. The first-order valence-corrected chi connectivity index (χ1v) is 8.09. The number of ketones is 1. The Labute approximate surface area is 150 Å². The highest BCUT2D eigenvalue weighted by Crippen LogP contribution is 2.36. The number of benzene rings is 2. The van der Waals surface area contributed by atoms with Crippen molar-refractivity contribution in [1.29, 1.82) is 0 Å². The summed E-state index contributed by atoms with van der Waals surface area (Å²) in [5, 5.41) is 0. The lowest BCUT2D eigenvalue weighted by Crippen LogP contribution is -2.14. The van der Waals surface area contributed by atoms with Gasteiger partial charge in [0.1, 0.15) is 0 Å². The Hall–Kier alpha value is -2.68. The van der Waals surface area contributed by atoms with Crippen LogP contribution in [0.2, 0.25) is 0 Å². The van der Waals surface area contributed by atoms with Gasteiger partial charge in [0.2, 0.25) is 6.79 Å². The summed E-state index contributed by atoms with van der Waals surface area (Å²) in [5.74, 6) is -0.293. The van der Waals surface area contributed by atoms with E-state index in [0.717, 1.165) is 12.1 Å². The van der Waals surface area contributed by atoms with Crippen LogP contribution in [0.15, 0.2) is 47.4 Å². The minimum Gasteiger partial charge on any atom is -0.454 e. The van der Waals surface area contributed by atoms with E-state index in [9.17, 15) is 22.8 Å². The number of hydrogen-bond acceptors (Lipinski definition) is 6. The van der Waals surface area contributed by atoms with E-state index in [4.69, 9.17) is 14.2 Å². The fourth-order valence-corrected chi connectivity index (χ4v) is 2.70. The number of ether oxygens (including phenoxy) is 3. The van der Waals surface area contributed by atoms with Gasteiger partial charge in [0.15, 0.2) is 23.9 Å². The highest BCUT2D eigenvalue weighted by Gasteiger charge is 2.29. The van der Waals surface area contributed by atoms with Crippen molar-refractivity contribution in [3.63, 3.8) is 0 Å². The first-order valence-electron chi connectivity index (χ1n) is 7.27. The fourth-order valence-electron chi connectivity index (χ4n) is 2.16. The van der Waals surface area contributed by atoms with Crippen molar-refractivity contribution in [2.75, 3.05) is 13.4 Å². The molecule has 0 amide bonds. The Balaban J connectivity index is 1.57. The van der Waals surface area contributed by atoms with E-state index in [1.165, 1.54) is 24.3 Å². The summed E-state index contributed by atoms with van der Waals surface area (Å²) in [5.41, 5.74) is -4.06. The zero-order chi connectivity index (χ0) is 18.7. The van der Waals surface area contributed by atoms with Crippen molar-refractivity contribution in [2.45, 2.75) is 10.4 Å². The maximum absolute atomic E-state index is 12.3. The van der Waals surface area contributed by atoms with Crippen LogP contribution < -0.4 is 9.47 Å². The van der Waals surface area contributed by atoms with E-state index in [1.54, 1.807) is 6.07 Å². The van der Waals surface area contributed by atoms with Crippen LogP contribution in [0.4, 0.5) is 13.2 Å². The summed E-state index contributed by atoms with van der Waals surface area (Å²) in [6.07, 6.45) is 0. The molecule has 0 saturated carbocycles. The van der Waals surface area contributed by atoms with Crippen LogP contribution in [0, 0.1) is 0 Å². The van der Waals surface area contributed by atoms with Gasteiger partial charge in [-0.15, -0.1) is 0 Å². The summed E-state index contributed by atoms with van der Waals surface area (Å²) < 4.78 is 52.0. The number of carbonyl (C=O) groups is 2. The number of hydrogen-bond donors (Lipinski definition) is 0. The Morgan fingerprint density at radius 2 is 1.65 bits per heavy atom. The van der Waals surface area contributed by atoms with Gasteiger partial charge in [-0.05, 0) is 54.2 Å². The minimum atomic E-state index is -4.40. The van der Waals surface area contributed by atoms with Crippen LogP contribution in [0.1, 0.15) is 20.7 Å². The predicted octanol–water partition coefficient (Wildman–Crippen LogP) is 4.07. The van der Waals surface area contributed by atoms with Crippen LogP contribution in [-0.2, 0) is 4.74 Å². The van der Waals surface area contributed by atoms with Gasteiger partial charge in [-0.2, -0.15) is 13.2 Å². The molecule has 9 heteroatoms. The quantitative estimate of drug-likeness (QED) is 0.440. The molecular weight excluding hydrogens is 373 g/mol. The zero-order valence-electron chi connectivity index (χ0n) is 13.0. The number of rotatable bonds is 5. The van der Waals surface area contributed by atoms with E-state index >= 15 is 0 Å². The van der Waals surface area contributed by atoms with Gasteiger partial charge in [0.25, 0.3) is 0 Å². The van der Waals surface area contributed by atoms with Gasteiger partial charge in [-0.1, -0.05) is 0 Å². The third-order valence-electron chi connectivity index (χ3n) is 3.35. The predicted molar refractivity (Wildman–Crippen MR) is 85.5 cm³/mol. The van der Waals surface area contributed by atoms with E-state index in [1.807, 2.05) is 0 Å². The summed E-state index contributed by atoms with van der Waals surface area (Å²) in [6, 6.07) is 9.33. The zero-order valence-corrected chi connectivity index (χ0v) is 13.9. The molecule has 0 unspecified atom stereocenters. The molecule has 1 aliphatic heterocycles. The van der Waals surface area contributed by atoms with E-state index in [-0.39, 0.29) is 29.0 Å². The molecule has 136 valence electrons. The standard InChI is InChI=1S/C17H11F3O5S/c18-17(19,20)26-12-4-1-10(2-5-12)16(22)23-8-13(21)11-3-6-14-15(7-11)25-9-24-14/h1-7H,8-9H2. The molecule has 0 fully saturated rings. The molecule has 2 aromatic carbocycles. The smallest absolute Gasteiger partial charge is 0.446 e. The van der Waals surface area contributed by atoms with Gasteiger partial charge in [0.05, 0.1) is 5.56 Å². The van der Waals surface area contributed by atoms with E-state index < -0.39 is 23.9 Å². The number of Topliss-reactive ketones (excluding diaryl/α,β-unsaturated/α-hetero) is 1. The van der Waals surface area contributed by atoms with Crippen LogP contribution in [0.25, 0.3) is 0 Å². The molecule has 1 heterocycles. The largest absolute Gasteiger partial charge is 0.454 e. The monoisotopic (exact) mass is 384 g/mol. The Kier molecular flexibility index (Phi) is 5.08. The molecular formula is C17H11F3O5S. The number of esters is 1. The number of fused-ring (bicyclic) bond motifs is 1. The van der Waals surface area contributed by atoms with Crippen LogP contribution in [0.3, 0.4) is 0 Å². The summed E-state index contributed by atoms with van der Waals surface area (Å²) >= 11 is -0.282. The van der Waals surface area contributed by atoms with Crippen molar-refractivity contribution in [2.24, 2.45) is 0 Å². The number of thioether (sulfide) groups is 1. The lowest BCUT2D eigenvalue weighted by molar-refractivity contribution is -0.0328. The average molecular weight is 384 g/mol. The van der Waals surface area contributed by atoms with Crippen molar-refractivity contribution >= 4 is 23.5 Å². The van der Waals surface area contributed by atoms with Gasteiger partial charge in [-0.3, -0.25) is 4.79 Å². The Morgan fingerprint density at radius 1 is 1.00 bits per heavy atom. The van der Waals surface area contributed by atoms with Gasteiger partial charge >= 0.3 is 11.5 Å². The maximum atomic E-state index is 12.3. The summed E-state index contributed by atoms with van der Waals surface area (Å²) in [6.45, 7) is -0.428. The average Bonchev–Trinajstić information content (AvgIpc) is 3.06. The molecule has 0 aromatic heterocycles. The van der Waals surface area contributed by atoms with Crippen molar-refractivity contribution in [3.8, 4) is 11.5 Å². The lowest BCUT2D eigenvalue weighted by Gasteiger charge is -2.07. The third kappa shape index (κ3) is 4.48. The maximum Gasteiger partial charge on any atom is 0.446 e. The molecule has 5 nitrogen and oxygen atoms in total. The number of halogens is 3. The normalized spacial score (nSPS) is 12.7. The van der Waals surface area contributed by atoms with Crippen molar-refractivity contribution < 1.29 is 37.0 Å². The molecule has 0 N–H and O–H groups in total. The number of alkyl halides is 3. The summed E-state index contributed by atoms with van der Waals surface area (Å²) in [7, 11) is 0. The first-order chi connectivity index (χ1) is 12.3. The second-order valence-electron chi connectivity index (χ2n) is 5.14. The van der Waals surface area contributed by atoms with E-state index in [0.29, 0.717) is 17.1 Å². The van der Waals surface area contributed by atoms with Crippen LogP contribution >= 0.6 is 11.8 Å². The summed E-state index contributed by atoms with van der Waals surface area (Å²) in [4.78, 5) is 24.0. The van der Waals surface area contributed by atoms with Gasteiger partial charge < -0.3 is 14.2 Å². The topological polar surface area (TPSA) is 61.8 Å². The molecule has 3 rings (SSSR count). The second-order valence-corrected chi connectivity index (χ2v) is 6.28. The van der Waals surface area contributed by atoms with Gasteiger partial charge in [-0.25, -0.2) is 4.79 Å². The molecule has 2 aromatic rings. The van der Waals surface area contributed by atoms with E-state index in [2.05, 4.69) is 0 Å². The molecule has 0 spiro atoms. The molecule has 0 radical (unpaired) electrons. The van der Waals surface area contributed by atoms with Crippen molar-refractivity contribution in [1.82, 2.24) is 0 Å². The molecule has 0 atom stereocenters. The molecule has 26 heavy (non-hydrogen) atoms. The molecule has 0 bridgehead atoms. The van der Waals surface area contributed by atoms with Crippen LogP contribution in [-0.4, -0.2) is 30.7 Å².